The predicted octanol–water partition coefficient (Wildman–Crippen LogP) is 2.78. The molecule has 0 saturated carbocycles. The van der Waals surface area contributed by atoms with E-state index in [-0.39, 0.29) is 12.1 Å². The average Bonchev–Trinajstić information content (AvgIpc) is 2.68. The third kappa shape index (κ3) is 3.47. The number of rotatable bonds is 3. The van der Waals surface area contributed by atoms with Crippen LogP contribution in [0.15, 0.2) is 24.3 Å². The molecule has 1 aromatic rings. The molecule has 3 atom stereocenters. The third-order valence-corrected chi connectivity index (χ3v) is 5.05. The maximum atomic E-state index is 10.8. The molecule has 1 fully saturated rings. The molecule has 1 aliphatic carbocycles. The van der Waals surface area contributed by atoms with Gasteiger partial charge in [-0.25, -0.2) is 0 Å². The fourth-order valence-electron chi connectivity index (χ4n) is 3.87. The molecule has 0 aromatic heterocycles. The van der Waals surface area contributed by atoms with Crippen LogP contribution < -0.4 is 0 Å². The van der Waals surface area contributed by atoms with E-state index in [2.05, 4.69) is 30.1 Å². The highest BCUT2D eigenvalue weighted by atomic mass is 16.5. The minimum Gasteiger partial charge on any atom is -0.387 e. The van der Waals surface area contributed by atoms with Gasteiger partial charge in [0.25, 0.3) is 0 Å². The second-order valence-electron chi connectivity index (χ2n) is 6.63. The molecule has 1 aliphatic heterocycles. The van der Waals surface area contributed by atoms with Crippen LogP contribution in [0.3, 0.4) is 0 Å². The first-order chi connectivity index (χ1) is 10.3. The Labute approximate surface area is 127 Å². The zero-order valence-electron chi connectivity index (χ0n) is 13.0. The summed E-state index contributed by atoms with van der Waals surface area (Å²) in [6, 6.07) is 8.61. The molecule has 3 rings (SSSR count). The SMILES string of the molecule is CN(CC1CCCOC1)C1CCCc2ccccc2C1O. The Morgan fingerprint density at radius 1 is 1.24 bits per heavy atom. The van der Waals surface area contributed by atoms with Crippen LogP contribution in [0.25, 0.3) is 0 Å². The summed E-state index contributed by atoms with van der Waals surface area (Å²) in [6.45, 7) is 2.83. The summed E-state index contributed by atoms with van der Waals surface area (Å²) in [5.74, 6) is 0.620. The largest absolute Gasteiger partial charge is 0.387 e. The van der Waals surface area contributed by atoms with Gasteiger partial charge in [0.2, 0.25) is 0 Å². The van der Waals surface area contributed by atoms with Gasteiger partial charge in [-0.1, -0.05) is 24.3 Å². The van der Waals surface area contributed by atoms with E-state index >= 15 is 0 Å². The quantitative estimate of drug-likeness (QED) is 0.869. The molecule has 1 N–H and O–H groups in total. The molecule has 1 heterocycles. The number of likely N-dealkylation sites (N-methyl/N-ethyl adjacent to an activating group) is 1. The summed E-state index contributed by atoms with van der Waals surface area (Å²) in [7, 11) is 2.16. The minimum atomic E-state index is -0.363. The summed E-state index contributed by atoms with van der Waals surface area (Å²) in [5, 5.41) is 10.8. The lowest BCUT2D eigenvalue weighted by molar-refractivity contribution is 0.0118. The van der Waals surface area contributed by atoms with Gasteiger partial charge in [-0.2, -0.15) is 0 Å². The van der Waals surface area contributed by atoms with Gasteiger partial charge in [0, 0.05) is 19.2 Å². The highest BCUT2D eigenvalue weighted by molar-refractivity contribution is 5.31. The summed E-state index contributed by atoms with van der Waals surface area (Å²) in [4.78, 5) is 2.37. The Balaban J connectivity index is 1.69. The molecule has 0 radical (unpaired) electrons. The first kappa shape index (κ1) is 15.0. The van der Waals surface area contributed by atoms with Crippen LogP contribution in [0.2, 0.25) is 0 Å². The fourth-order valence-corrected chi connectivity index (χ4v) is 3.87. The highest BCUT2D eigenvalue weighted by Crippen LogP contribution is 2.32. The van der Waals surface area contributed by atoms with Crippen LogP contribution in [0, 0.1) is 5.92 Å². The number of hydrogen-bond donors (Lipinski definition) is 1. The van der Waals surface area contributed by atoms with Crippen molar-refractivity contribution in [2.75, 3.05) is 26.8 Å². The highest BCUT2D eigenvalue weighted by Gasteiger charge is 2.30. The van der Waals surface area contributed by atoms with Crippen LogP contribution in [-0.2, 0) is 11.2 Å². The number of aliphatic hydroxyl groups excluding tert-OH is 1. The molecule has 2 aliphatic rings. The number of aryl methyl sites for hydroxylation is 1. The molecular weight excluding hydrogens is 262 g/mol. The standard InChI is InChI=1S/C18H27NO2/c1-19(12-14-6-5-11-21-13-14)17-10-4-8-15-7-2-3-9-16(15)18(17)20/h2-3,7,9,14,17-18,20H,4-6,8,10-13H2,1H3. The smallest absolute Gasteiger partial charge is 0.0947 e. The lowest BCUT2D eigenvalue weighted by atomic mass is 9.96. The summed E-state index contributed by atoms with van der Waals surface area (Å²) in [5.41, 5.74) is 2.45. The van der Waals surface area contributed by atoms with E-state index in [1.165, 1.54) is 18.4 Å². The van der Waals surface area contributed by atoms with E-state index in [9.17, 15) is 5.11 Å². The van der Waals surface area contributed by atoms with Crippen molar-refractivity contribution in [2.45, 2.75) is 44.2 Å². The van der Waals surface area contributed by atoms with Crippen molar-refractivity contribution < 1.29 is 9.84 Å². The number of ether oxygens (including phenoxy) is 1. The van der Waals surface area contributed by atoms with E-state index in [1.807, 2.05) is 6.07 Å². The number of nitrogens with zero attached hydrogens (tertiary/aromatic N) is 1. The lowest BCUT2D eigenvalue weighted by Gasteiger charge is -2.35. The molecule has 3 heteroatoms. The third-order valence-electron chi connectivity index (χ3n) is 5.05. The second kappa shape index (κ2) is 6.91. The van der Waals surface area contributed by atoms with Crippen LogP contribution in [0.1, 0.15) is 42.9 Å². The Kier molecular flexibility index (Phi) is 4.94. The molecule has 0 amide bonds. The van der Waals surface area contributed by atoms with E-state index in [0.717, 1.165) is 44.6 Å². The number of benzene rings is 1. The van der Waals surface area contributed by atoms with E-state index in [4.69, 9.17) is 4.74 Å². The van der Waals surface area contributed by atoms with E-state index in [0.29, 0.717) is 5.92 Å². The zero-order chi connectivity index (χ0) is 14.7. The Bertz CT molecular complexity index is 456. The lowest BCUT2D eigenvalue weighted by Crippen LogP contribution is -2.41. The van der Waals surface area contributed by atoms with Gasteiger partial charge in [-0.3, -0.25) is 0 Å². The van der Waals surface area contributed by atoms with Crippen molar-refractivity contribution in [2.24, 2.45) is 5.92 Å². The van der Waals surface area contributed by atoms with Gasteiger partial charge in [0.1, 0.15) is 0 Å². The van der Waals surface area contributed by atoms with Crippen LogP contribution >= 0.6 is 0 Å². The van der Waals surface area contributed by atoms with Gasteiger partial charge in [0.05, 0.1) is 12.7 Å². The van der Waals surface area contributed by atoms with Crippen LogP contribution in [0.5, 0.6) is 0 Å². The van der Waals surface area contributed by atoms with Crippen LogP contribution in [-0.4, -0.2) is 42.9 Å². The molecule has 1 saturated heterocycles. The Morgan fingerprint density at radius 2 is 2.10 bits per heavy atom. The summed E-state index contributed by atoms with van der Waals surface area (Å²) < 4.78 is 5.59. The normalized spacial score (nSPS) is 30.0. The number of fused-ring (bicyclic) bond motifs is 1. The zero-order valence-corrected chi connectivity index (χ0v) is 13.0. The summed E-state index contributed by atoms with van der Waals surface area (Å²) >= 11 is 0. The van der Waals surface area contributed by atoms with Gasteiger partial charge < -0.3 is 14.7 Å². The minimum absolute atomic E-state index is 0.232. The fraction of sp³-hybridized carbons (Fsp3) is 0.667. The first-order valence-electron chi connectivity index (χ1n) is 8.29. The van der Waals surface area contributed by atoms with Crippen molar-refractivity contribution in [1.29, 1.82) is 0 Å². The maximum absolute atomic E-state index is 10.8. The van der Waals surface area contributed by atoms with E-state index < -0.39 is 0 Å². The predicted molar refractivity (Wildman–Crippen MR) is 84.3 cm³/mol. The molecule has 21 heavy (non-hydrogen) atoms. The van der Waals surface area contributed by atoms with Gasteiger partial charge >= 0.3 is 0 Å². The topological polar surface area (TPSA) is 32.7 Å². The average molecular weight is 289 g/mol. The molecule has 0 bridgehead atoms. The molecular formula is C18H27NO2. The molecule has 3 nitrogen and oxygen atoms in total. The number of hydrogen-bond acceptors (Lipinski definition) is 3. The Hall–Kier alpha value is -0.900. The monoisotopic (exact) mass is 289 g/mol. The maximum Gasteiger partial charge on any atom is 0.0947 e. The van der Waals surface area contributed by atoms with Crippen molar-refractivity contribution in [1.82, 2.24) is 4.90 Å². The molecule has 0 spiro atoms. The molecule has 3 unspecified atom stereocenters. The van der Waals surface area contributed by atoms with Gasteiger partial charge in [-0.05, 0) is 56.2 Å². The second-order valence-corrected chi connectivity index (χ2v) is 6.63. The van der Waals surface area contributed by atoms with Crippen molar-refractivity contribution in [3.63, 3.8) is 0 Å². The van der Waals surface area contributed by atoms with Crippen molar-refractivity contribution >= 4 is 0 Å². The molecule has 1 aromatic carbocycles. The van der Waals surface area contributed by atoms with E-state index in [1.54, 1.807) is 0 Å². The van der Waals surface area contributed by atoms with Crippen molar-refractivity contribution in [3.8, 4) is 0 Å². The van der Waals surface area contributed by atoms with Crippen molar-refractivity contribution in [3.05, 3.63) is 35.4 Å². The van der Waals surface area contributed by atoms with Gasteiger partial charge in [0.15, 0.2) is 0 Å². The Morgan fingerprint density at radius 3 is 2.90 bits per heavy atom. The van der Waals surface area contributed by atoms with Crippen LogP contribution in [0.4, 0.5) is 0 Å². The summed E-state index contributed by atoms with van der Waals surface area (Å²) in [6.07, 6.45) is 5.38. The first-order valence-corrected chi connectivity index (χ1v) is 8.29. The molecule has 116 valence electrons. The van der Waals surface area contributed by atoms with Gasteiger partial charge in [-0.15, -0.1) is 0 Å². The number of aliphatic hydroxyl groups is 1.